The van der Waals surface area contributed by atoms with Crippen molar-refractivity contribution in [1.82, 2.24) is 29.4 Å². The molecule has 7 rings (SSSR count). The zero-order valence-electron chi connectivity index (χ0n) is 21.3. The van der Waals surface area contributed by atoms with E-state index in [0.29, 0.717) is 28.3 Å². The first-order chi connectivity index (χ1) is 19.7. The summed E-state index contributed by atoms with van der Waals surface area (Å²) in [5.74, 6) is 1.14. The van der Waals surface area contributed by atoms with Crippen LogP contribution >= 0.6 is 11.6 Å². The fourth-order valence-electron chi connectivity index (χ4n) is 4.98. The van der Waals surface area contributed by atoms with Crippen LogP contribution in [0.2, 0.25) is 5.02 Å². The van der Waals surface area contributed by atoms with Gasteiger partial charge in [0.15, 0.2) is 18.1 Å². The molecule has 0 N–H and O–H groups in total. The van der Waals surface area contributed by atoms with E-state index in [4.69, 9.17) is 31.3 Å². The molecule has 4 heterocycles. The van der Waals surface area contributed by atoms with E-state index >= 15 is 0 Å². The van der Waals surface area contributed by atoms with Crippen molar-refractivity contribution < 1.29 is 9.57 Å². The molecule has 1 aliphatic rings. The van der Waals surface area contributed by atoms with Crippen LogP contribution in [0.15, 0.2) is 96.4 Å². The van der Waals surface area contributed by atoms with Gasteiger partial charge in [-0.05, 0) is 36.2 Å². The summed E-state index contributed by atoms with van der Waals surface area (Å²) in [6.45, 7) is 2.06. The first-order valence-electron chi connectivity index (χ1n) is 12.7. The van der Waals surface area contributed by atoms with Crippen LogP contribution in [0.1, 0.15) is 39.7 Å². The second kappa shape index (κ2) is 9.94. The van der Waals surface area contributed by atoms with Crippen LogP contribution in [0.3, 0.4) is 0 Å². The average molecular weight is 548 g/mol. The minimum Gasteiger partial charge on any atom is -0.420 e. The quantitative estimate of drug-likeness (QED) is 0.184. The number of fused-ring (bicyclic) bond motifs is 4. The van der Waals surface area contributed by atoms with Crippen molar-refractivity contribution in [3.05, 3.63) is 130 Å². The van der Waals surface area contributed by atoms with E-state index in [1.807, 2.05) is 91.9 Å². The second-order valence-electron chi connectivity index (χ2n) is 9.29. The van der Waals surface area contributed by atoms with Gasteiger partial charge in [-0.15, -0.1) is 5.10 Å². The molecule has 9 nitrogen and oxygen atoms in total. The summed E-state index contributed by atoms with van der Waals surface area (Å²) < 4.78 is 9.89. The maximum Gasteiger partial charge on any atom is 0.230 e. The van der Waals surface area contributed by atoms with Crippen molar-refractivity contribution in [2.45, 2.75) is 19.4 Å². The normalized spacial score (nSPS) is 14.2. The van der Waals surface area contributed by atoms with Gasteiger partial charge < -0.3 is 9.57 Å². The molecule has 0 radical (unpaired) electrons. The van der Waals surface area contributed by atoms with Crippen LogP contribution < -0.4 is 4.74 Å². The Balaban J connectivity index is 1.33. The Morgan fingerprint density at radius 3 is 2.50 bits per heavy atom. The third kappa shape index (κ3) is 4.17. The summed E-state index contributed by atoms with van der Waals surface area (Å²) >= 11 is 6.79. The predicted molar refractivity (Wildman–Crippen MR) is 150 cm³/mol. The van der Waals surface area contributed by atoms with E-state index in [-0.39, 0.29) is 12.5 Å². The molecule has 40 heavy (non-hydrogen) atoms. The van der Waals surface area contributed by atoms with E-state index in [0.717, 1.165) is 33.6 Å². The molecule has 0 saturated heterocycles. The maximum atomic E-state index is 6.79. The number of aromatic nitrogens is 6. The van der Waals surface area contributed by atoms with Crippen LogP contribution in [0.5, 0.6) is 11.8 Å². The molecule has 6 aromatic rings. The molecule has 0 saturated carbocycles. The molecular weight excluding hydrogens is 526 g/mol. The minimum absolute atomic E-state index is 0.0909. The first kappa shape index (κ1) is 24.1. The highest BCUT2D eigenvalue weighted by Crippen LogP contribution is 2.50. The summed E-state index contributed by atoms with van der Waals surface area (Å²) in [6.07, 6.45) is 3.23. The van der Waals surface area contributed by atoms with E-state index in [1.54, 1.807) is 21.7 Å². The lowest BCUT2D eigenvalue weighted by molar-refractivity contribution is 0.126. The molecule has 3 aromatic heterocycles. The topological polar surface area (TPSA) is 91.7 Å². The second-order valence-corrected chi connectivity index (χ2v) is 9.69. The highest BCUT2D eigenvalue weighted by molar-refractivity contribution is 6.31. The van der Waals surface area contributed by atoms with Crippen LogP contribution in [0.25, 0.3) is 11.3 Å². The molecule has 0 aliphatic carbocycles. The number of ether oxygens (including phenoxy) is 1. The van der Waals surface area contributed by atoms with Crippen LogP contribution in [0, 0.1) is 6.92 Å². The van der Waals surface area contributed by atoms with Crippen molar-refractivity contribution in [2.75, 3.05) is 0 Å². The third-order valence-electron chi connectivity index (χ3n) is 6.75. The SMILES string of the molecule is Cc1nn(-c2ccccc2)c2c1[C@H](c1ccccc1Cl)c1c(ncn3nc(CO/N=C/c4ccccc4)nc13)O2. The minimum atomic E-state index is -0.338. The maximum absolute atomic E-state index is 6.79. The molecule has 196 valence electrons. The number of nitrogens with zero attached hydrogens (tertiary/aromatic N) is 7. The Morgan fingerprint density at radius 2 is 1.70 bits per heavy atom. The highest BCUT2D eigenvalue weighted by atomic mass is 35.5. The fourth-order valence-corrected chi connectivity index (χ4v) is 5.23. The van der Waals surface area contributed by atoms with Crippen molar-refractivity contribution in [3.8, 4) is 17.4 Å². The van der Waals surface area contributed by atoms with Crippen molar-refractivity contribution in [2.24, 2.45) is 5.16 Å². The van der Waals surface area contributed by atoms with Gasteiger partial charge in [0.1, 0.15) is 6.33 Å². The molecule has 0 fully saturated rings. The number of aryl methyl sites for hydroxylation is 1. The number of oxime groups is 1. The summed E-state index contributed by atoms with van der Waals surface area (Å²) in [4.78, 5) is 14.9. The average Bonchev–Trinajstić information content (AvgIpc) is 3.56. The Labute approximate surface area is 234 Å². The molecular formula is C30H22ClN7O2. The van der Waals surface area contributed by atoms with Crippen molar-refractivity contribution in [1.29, 1.82) is 0 Å². The lowest BCUT2D eigenvalue weighted by atomic mass is 9.84. The predicted octanol–water partition coefficient (Wildman–Crippen LogP) is 6.11. The third-order valence-corrected chi connectivity index (χ3v) is 7.09. The van der Waals surface area contributed by atoms with Crippen LogP contribution in [0.4, 0.5) is 0 Å². The van der Waals surface area contributed by atoms with Gasteiger partial charge in [0.05, 0.1) is 34.6 Å². The van der Waals surface area contributed by atoms with Gasteiger partial charge in [-0.1, -0.05) is 83.5 Å². The van der Waals surface area contributed by atoms with E-state index < -0.39 is 0 Å². The summed E-state index contributed by atoms with van der Waals surface area (Å²) in [5, 5.41) is 14.1. The molecule has 1 aliphatic heterocycles. The summed E-state index contributed by atoms with van der Waals surface area (Å²) in [7, 11) is 0. The van der Waals surface area contributed by atoms with Gasteiger partial charge in [0, 0.05) is 5.02 Å². The standard InChI is InChI=1S/C30H22ClN7O2/c1-19-25-26(22-14-8-9-15-23(22)31)27-28-34-24(17-39-33-16-20-10-4-2-5-11-20)36-37(28)18-32-29(27)40-30(25)38(35-19)21-12-6-3-7-13-21/h2-16,18,26H,17H2,1H3/b33-16+/t26-/m0/s1. The molecule has 3 aromatic carbocycles. The van der Waals surface area contributed by atoms with Gasteiger partial charge >= 0.3 is 0 Å². The van der Waals surface area contributed by atoms with Crippen LogP contribution in [-0.4, -0.2) is 35.6 Å². The number of halogens is 1. The molecule has 0 unspecified atom stereocenters. The zero-order valence-corrected chi connectivity index (χ0v) is 22.1. The van der Waals surface area contributed by atoms with Crippen LogP contribution in [-0.2, 0) is 11.4 Å². The Morgan fingerprint density at radius 1 is 0.950 bits per heavy atom. The lowest BCUT2D eigenvalue weighted by Crippen LogP contribution is -2.16. The molecule has 10 heteroatoms. The van der Waals surface area contributed by atoms with Gasteiger partial charge in [0.2, 0.25) is 11.8 Å². The molecule has 1 atom stereocenters. The Hall–Kier alpha value is -5.02. The molecule has 0 bridgehead atoms. The number of benzene rings is 3. The van der Waals surface area contributed by atoms with Gasteiger partial charge in [-0.2, -0.15) is 5.10 Å². The number of para-hydroxylation sites is 1. The largest absolute Gasteiger partial charge is 0.420 e. The fraction of sp³-hybridized carbons (Fsp3) is 0.100. The highest BCUT2D eigenvalue weighted by Gasteiger charge is 2.38. The van der Waals surface area contributed by atoms with Gasteiger partial charge in [-0.3, -0.25) is 0 Å². The number of hydrogen-bond acceptors (Lipinski definition) is 7. The molecule has 0 spiro atoms. The van der Waals surface area contributed by atoms with Gasteiger partial charge in [0.25, 0.3) is 0 Å². The smallest absolute Gasteiger partial charge is 0.230 e. The number of hydrogen-bond donors (Lipinski definition) is 0. The Bertz CT molecular complexity index is 1870. The molecule has 0 amide bonds. The van der Waals surface area contributed by atoms with E-state index in [9.17, 15) is 0 Å². The Kier molecular flexibility index (Phi) is 5.98. The van der Waals surface area contributed by atoms with Crippen molar-refractivity contribution >= 4 is 23.5 Å². The van der Waals surface area contributed by atoms with Crippen molar-refractivity contribution in [3.63, 3.8) is 0 Å². The number of rotatable bonds is 6. The monoisotopic (exact) mass is 547 g/mol. The zero-order chi connectivity index (χ0) is 27.1. The van der Waals surface area contributed by atoms with E-state index in [1.165, 1.54) is 0 Å². The van der Waals surface area contributed by atoms with E-state index in [2.05, 4.69) is 15.2 Å². The summed E-state index contributed by atoms with van der Waals surface area (Å²) in [5.41, 5.74) is 5.78. The van der Waals surface area contributed by atoms with Gasteiger partial charge in [-0.25, -0.2) is 19.2 Å². The first-order valence-corrected chi connectivity index (χ1v) is 13.1. The lowest BCUT2D eigenvalue weighted by Gasteiger charge is -2.27. The summed E-state index contributed by atoms with van der Waals surface area (Å²) in [6, 6.07) is 27.3.